The van der Waals surface area contributed by atoms with Gasteiger partial charge in [0, 0.05) is 18.5 Å². The van der Waals surface area contributed by atoms with Crippen molar-refractivity contribution in [3.05, 3.63) is 16.1 Å². The Kier molecular flexibility index (Phi) is 4.64. The third-order valence-corrected chi connectivity index (χ3v) is 5.21. The number of nitrogens with zero attached hydrogens (tertiary/aromatic N) is 1. The van der Waals surface area contributed by atoms with Gasteiger partial charge in [0.1, 0.15) is 10.6 Å². The molecule has 1 aliphatic rings. The lowest BCUT2D eigenvalue weighted by Crippen LogP contribution is -2.37. The lowest BCUT2D eigenvalue weighted by Gasteiger charge is -2.42. The molecule has 3 nitrogen and oxygen atoms in total. The third kappa shape index (κ3) is 3.36. The molecule has 2 rings (SSSR count). The zero-order valence-electron chi connectivity index (χ0n) is 12.6. The predicted molar refractivity (Wildman–Crippen MR) is 80.4 cm³/mol. The van der Waals surface area contributed by atoms with Crippen LogP contribution in [0.1, 0.15) is 57.2 Å². The summed E-state index contributed by atoms with van der Waals surface area (Å²) in [5.74, 6) is 0. The quantitative estimate of drug-likeness (QED) is 0.894. The molecular weight excluding hydrogens is 256 g/mol. The SMILES string of the molecule is CCOC1(c2nc(CNC)cs2)CCC(C)(C)CC1. The normalized spacial score (nSPS) is 21.5. The minimum atomic E-state index is -0.124. The van der Waals surface area contributed by atoms with Crippen LogP contribution < -0.4 is 5.32 Å². The van der Waals surface area contributed by atoms with E-state index in [0.29, 0.717) is 5.41 Å². The molecule has 0 atom stereocenters. The van der Waals surface area contributed by atoms with Gasteiger partial charge in [-0.2, -0.15) is 0 Å². The van der Waals surface area contributed by atoms with Crippen LogP contribution in [0, 0.1) is 5.41 Å². The van der Waals surface area contributed by atoms with E-state index in [1.54, 1.807) is 11.3 Å². The summed E-state index contributed by atoms with van der Waals surface area (Å²) in [5, 5.41) is 6.50. The molecule has 1 heterocycles. The van der Waals surface area contributed by atoms with Gasteiger partial charge in [0.2, 0.25) is 0 Å². The predicted octanol–water partition coefficient (Wildman–Crippen LogP) is 3.69. The number of aromatic nitrogens is 1. The molecule has 19 heavy (non-hydrogen) atoms. The van der Waals surface area contributed by atoms with E-state index in [0.717, 1.165) is 31.7 Å². The van der Waals surface area contributed by atoms with Gasteiger partial charge in [-0.15, -0.1) is 11.3 Å². The summed E-state index contributed by atoms with van der Waals surface area (Å²) in [7, 11) is 1.96. The maximum absolute atomic E-state index is 6.17. The van der Waals surface area contributed by atoms with Crippen molar-refractivity contribution < 1.29 is 4.74 Å². The molecule has 4 heteroatoms. The van der Waals surface area contributed by atoms with Gasteiger partial charge in [-0.25, -0.2) is 4.98 Å². The van der Waals surface area contributed by atoms with Crippen LogP contribution in [0.15, 0.2) is 5.38 Å². The monoisotopic (exact) mass is 282 g/mol. The van der Waals surface area contributed by atoms with Gasteiger partial charge in [0.25, 0.3) is 0 Å². The largest absolute Gasteiger partial charge is 0.368 e. The fourth-order valence-electron chi connectivity index (χ4n) is 2.81. The van der Waals surface area contributed by atoms with Crippen LogP contribution in [0.3, 0.4) is 0 Å². The van der Waals surface area contributed by atoms with E-state index in [9.17, 15) is 0 Å². The van der Waals surface area contributed by atoms with E-state index < -0.39 is 0 Å². The number of ether oxygens (including phenoxy) is 1. The van der Waals surface area contributed by atoms with Crippen LogP contribution in [0.2, 0.25) is 0 Å². The molecule has 1 aliphatic carbocycles. The molecule has 1 aromatic rings. The Morgan fingerprint density at radius 1 is 1.32 bits per heavy atom. The van der Waals surface area contributed by atoms with E-state index >= 15 is 0 Å². The van der Waals surface area contributed by atoms with Gasteiger partial charge in [-0.3, -0.25) is 0 Å². The van der Waals surface area contributed by atoms with Crippen molar-refractivity contribution in [2.45, 2.75) is 58.6 Å². The van der Waals surface area contributed by atoms with Crippen molar-refractivity contribution >= 4 is 11.3 Å². The van der Waals surface area contributed by atoms with E-state index in [1.807, 2.05) is 7.05 Å². The topological polar surface area (TPSA) is 34.1 Å². The van der Waals surface area contributed by atoms with Crippen molar-refractivity contribution in [1.29, 1.82) is 0 Å². The van der Waals surface area contributed by atoms with Crippen LogP contribution in [-0.2, 0) is 16.9 Å². The molecule has 1 N–H and O–H groups in total. The smallest absolute Gasteiger partial charge is 0.125 e. The first-order valence-electron chi connectivity index (χ1n) is 7.25. The molecule has 1 fully saturated rings. The number of hydrogen-bond acceptors (Lipinski definition) is 4. The maximum Gasteiger partial charge on any atom is 0.125 e. The highest BCUT2D eigenvalue weighted by Crippen LogP contribution is 2.48. The Morgan fingerprint density at radius 3 is 2.58 bits per heavy atom. The van der Waals surface area contributed by atoms with Gasteiger partial charge in [-0.05, 0) is 45.1 Å². The number of nitrogens with one attached hydrogen (secondary N) is 1. The van der Waals surface area contributed by atoms with Crippen molar-refractivity contribution in [3.63, 3.8) is 0 Å². The zero-order valence-corrected chi connectivity index (χ0v) is 13.4. The van der Waals surface area contributed by atoms with E-state index in [2.05, 4.69) is 31.5 Å². The molecule has 108 valence electrons. The first-order valence-corrected chi connectivity index (χ1v) is 8.13. The van der Waals surface area contributed by atoms with Crippen LogP contribution in [-0.4, -0.2) is 18.6 Å². The van der Waals surface area contributed by atoms with Crippen molar-refractivity contribution in [2.24, 2.45) is 5.41 Å². The number of rotatable bonds is 5. The van der Waals surface area contributed by atoms with Crippen LogP contribution in [0.25, 0.3) is 0 Å². The van der Waals surface area contributed by atoms with E-state index in [1.165, 1.54) is 17.8 Å². The van der Waals surface area contributed by atoms with Gasteiger partial charge in [-0.1, -0.05) is 13.8 Å². The molecule has 0 aliphatic heterocycles. The van der Waals surface area contributed by atoms with Crippen LogP contribution in [0.4, 0.5) is 0 Å². The Hall–Kier alpha value is -0.450. The highest BCUT2D eigenvalue weighted by atomic mass is 32.1. The molecule has 0 bridgehead atoms. The van der Waals surface area contributed by atoms with Gasteiger partial charge in [0.15, 0.2) is 0 Å². The van der Waals surface area contributed by atoms with Gasteiger partial charge in [0.05, 0.1) is 5.69 Å². The molecule has 1 saturated carbocycles. The first-order chi connectivity index (χ1) is 9.01. The first kappa shape index (κ1) is 14.9. The van der Waals surface area contributed by atoms with Crippen LogP contribution in [0.5, 0.6) is 0 Å². The van der Waals surface area contributed by atoms with E-state index in [4.69, 9.17) is 9.72 Å². The summed E-state index contributed by atoms with van der Waals surface area (Å²) in [6.45, 7) is 8.41. The summed E-state index contributed by atoms with van der Waals surface area (Å²) in [4.78, 5) is 4.79. The van der Waals surface area contributed by atoms with E-state index in [-0.39, 0.29) is 5.60 Å². The Labute approximate surface area is 120 Å². The fourth-order valence-corrected chi connectivity index (χ4v) is 3.84. The summed E-state index contributed by atoms with van der Waals surface area (Å²) >= 11 is 1.76. The van der Waals surface area contributed by atoms with Crippen molar-refractivity contribution in [1.82, 2.24) is 10.3 Å². The summed E-state index contributed by atoms with van der Waals surface area (Å²) in [6, 6.07) is 0. The number of thiazole rings is 1. The average molecular weight is 282 g/mol. The molecule has 0 radical (unpaired) electrons. The molecule has 1 aromatic heterocycles. The lowest BCUT2D eigenvalue weighted by molar-refractivity contribution is -0.0891. The minimum Gasteiger partial charge on any atom is -0.368 e. The zero-order chi connectivity index (χ0) is 13.9. The molecule has 0 spiro atoms. The second-order valence-electron chi connectivity index (χ2n) is 6.27. The molecule has 0 unspecified atom stereocenters. The van der Waals surface area contributed by atoms with Gasteiger partial charge < -0.3 is 10.1 Å². The Morgan fingerprint density at radius 2 is 2.00 bits per heavy atom. The molecular formula is C15H26N2OS. The molecule has 0 aromatic carbocycles. The van der Waals surface area contributed by atoms with Gasteiger partial charge >= 0.3 is 0 Å². The molecule has 0 amide bonds. The standard InChI is InChI=1S/C15H26N2OS/c1-5-18-15(8-6-14(2,3)7-9-15)13-17-12(10-16-4)11-19-13/h11,16H,5-10H2,1-4H3. The number of hydrogen-bond donors (Lipinski definition) is 1. The summed E-state index contributed by atoms with van der Waals surface area (Å²) in [6.07, 6.45) is 4.63. The van der Waals surface area contributed by atoms with Crippen molar-refractivity contribution in [2.75, 3.05) is 13.7 Å². The highest BCUT2D eigenvalue weighted by Gasteiger charge is 2.42. The lowest BCUT2D eigenvalue weighted by atomic mass is 9.71. The molecule has 0 saturated heterocycles. The Bertz CT molecular complexity index is 404. The Balaban J connectivity index is 2.19. The summed E-state index contributed by atoms with van der Waals surface area (Å²) in [5.41, 5.74) is 1.46. The summed E-state index contributed by atoms with van der Waals surface area (Å²) < 4.78 is 6.17. The maximum atomic E-state index is 6.17. The third-order valence-electron chi connectivity index (χ3n) is 4.13. The second-order valence-corrected chi connectivity index (χ2v) is 7.12. The second kappa shape index (κ2) is 5.90. The fraction of sp³-hybridized carbons (Fsp3) is 0.800. The van der Waals surface area contributed by atoms with Crippen molar-refractivity contribution in [3.8, 4) is 0 Å². The van der Waals surface area contributed by atoms with Crippen LogP contribution >= 0.6 is 11.3 Å². The average Bonchev–Trinajstić information content (AvgIpc) is 2.82. The highest BCUT2D eigenvalue weighted by molar-refractivity contribution is 7.09. The minimum absolute atomic E-state index is 0.124.